The normalized spacial score (nSPS) is 9.67. The van der Waals surface area contributed by atoms with E-state index in [9.17, 15) is 0 Å². The highest BCUT2D eigenvalue weighted by Gasteiger charge is 1.96. The van der Waals surface area contributed by atoms with Crippen LogP contribution < -0.4 is 0 Å². The van der Waals surface area contributed by atoms with Crippen LogP contribution in [0.4, 0.5) is 0 Å². The zero-order valence-electron chi connectivity index (χ0n) is 6.18. The van der Waals surface area contributed by atoms with Gasteiger partial charge in [0.25, 0.3) is 0 Å². The van der Waals surface area contributed by atoms with E-state index in [1.54, 1.807) is 30.9 Å². The van der Waals surface area contributed by atoms with Crippen molar-refractivity contribution in [1.82, 2.24) is 20.2 Å². The maximum Gasteiger partial charge on any atom is 0.123 e. The molecule has 0 bridgehead atoms. The van der Waals surface area contributed by atoms with Crippen molar-refractivity contribution in [2.45, 2.75) is 0 Å². The molecule has 4 nitrogen and oxygen atoms in total. The summed E-state index contributed by atoms with van der Waals surface area (Å²) >= 11 is 0. The minimum atomic E-state index is 0.757. The summed E-state index contributed by atoms with van der Waals surface area (Å²) in [6.07, 6.45) is 9.23. The standard InChI is InChI=1S/C8H5N4/c1-2-11-12-5-7(1)8-6-9-3-4-10-8/h1-4,6H. The van der Waals surface area contributed by atoms with Gasteiger partial charge in [-0.15, -0.1) is 5.10 Å². The summed E-state index contributed by atoms with van der Waals surface area (Å²) in [5, 5.41) is 7.24. The summed E-state index contributed by atoms with van der Waals surface area (Å²) in [5.41, 5.74) is 1.56. The lowest BCUT2D eigenvalue weighted by Gasteiger charge is -1.94. The van der Waals surface area contributed by atoms with Gasteiger partial charge in [-0.2, -0.15) is 5.10 Å². The molecule has 0 fully saturated rings. The SMILES string of the molecule is [c]1nnccc1-c1cnccn1. The quantitative estimate of drug-likeness (QED) is 0.612. The Morgan fingerprint density at radius 2 is 2.17 bits per heavy atom. The van der Waals surface area contributed by atoms with Gasteiger partial charge >= 0.3 is 0 Å². The number of hydrogen-bond acceptors (Lipinski definition) is 4. The summed E-state index contributed by atoms with van der Waals surface area (Å²) in [6.45, 7) is 0. The van der Waals surface area contributed by atoms with E-state index in [4.69, 9.17) is 0 Å². The van der Waals surface area contributed by atoms with Gasteiger partial charge in [-0.25, -0.2) is 0 Å². The Balaban J connectivity index is 2.46. The lowest BCUT2D eigenvalue weighted by atomic mass is 10.2. The predicted molar refractivity (Wildman–Crippen MR) is 41.9 cm³/mol. The van der Waals surface area contributed by atoms with Crippen LogP contribution in [0.5, 0.6) is 0 Å². The van der Waals surface area contributed by atoms with Crippen molar-refractivity contribution >= 4 is 0 Å². The number of hydrogen-bond donors (Lipinski definition) is 0. The molecular weight excluding hydrogens is 152 g/mol. The first kappa shape index (κ1) is 6.84. The molecule has 4 heteroatoms. The molecule has 0 saturated heterocycles. The van der Waals surface area contributed by atoms with Gasteiger partial charge in [-0.05, 0) is 6.07 Å². The number of rotatable bonds is 1. The predicted octanol–water partition coefficient (Wildman–Crippen LogP) is 0.734. The minimum absolute atomic E-state index is 0.757. The Morgan fingerprint density at radius 3 is 2.83 bits per heavy atom. The van der Waals surface area contributed by atoms with Gasteiger partial charge in [-0.3, -0.25) is 9.97 Å². The molecule has 57 valence electrons. The Morgan fingerprint density at radius 1 is 1.17 bits per heavy atom. The van der Waals surface area contributed by atoms with Crippen LogP contribution in [0.2, 0.25) is 0 Å². The molecule has 1 radical (unpaired) electrons. The van der Waals surface area contributed by atoms with Crippen LogP contribution in [0.1, 0.15) is 0 Å². The van der Waals surface area contributed by atoms with Crippen molar-refractivity contribution in [2.24, 2.45) is 0 Å². The summed E-state index contributed by atoms with van der Waals surface area (Å²) in [7, 11) is 0. The van der Waals surface area contributed by atoms with Crippen molar-refractivity contribution < 1.29 is 0 Å². The molecule has 0 atom stereocenters. The van der Waals surface area contributed by atoms with E-state index in [0.717, 1.165) is 11.3 Å². The van der Waals surface area contributed by atoms with E-state index in [-0.39, 0.29) is 0 Å². The van der Waals surface area contributed by atoms with Crippen molar-refractivity contribution in [1.29, 1.82) is 0 Å². The first-order valence-electron chi connectivity index (χ1n) is 3.42. The van der Waals surface area contributed by atoms with Gasteiger partial charge in [0, 0.05) is 18.0 Å². The molecule has 0 spiro atoms. The molecule has 2 rings (SSSR count). The second kappa shape index (κ2) is 3.04. The topological polar surface area (TPSA) is 51.6 Å². The van der Waals surface area contributed by atoms with E-state index < -0.39 is 0 Å². The van der Waals surface area contributed by atoms with Crippen molar-refractivity contribution in [3.63, 3.8) is 0 Å². The average Bonchev–Trinajstić information content (AvgIpc) is 2.21. The molecule has 0 aliphatic carbocycles. The van der Waals surface area contributed by atoms with Crippen molar-refractivity contribution in [3.05, 3.63) is 37.1 Å². The van der Waals surface area contributed by atoms with Gasteiger partial charge in [-0.1, -0.05) is 0 Å². The third-order valence-electron chi connectivity index (χ3n) is 1.38. The van der Waals surface area contributed by atoms with Crippen molar-refractivity contribution in [3.8, 4) is 11.3 Å². The second-order valence-corrected chi connectivity index (χ2v) is 2.15. The largest absolute Gasteiger partial charge is 0.261 e. The summed E-state index contributed by atoms with van der Waals surface area (Å²) in [5.74, 6) is 0. The maximum atomic E-state index is 4.09. The molecular formula is C8H5N4. The summed E-state index contributed by atoms with van der Waals surface area (Å²) in [4.78, 5) is 8.02. The van der Waals surface area contributed by atoms with Gasteiger partial charge in [0.15, 0.2) is 0 Å². The molecule has 2 aromatic heterocycles. The molecule has 2 heterocycles. The van der Waals surface area contributed by atoms with Gasteiger partial charge in [0.05, 0.1) is 18.1 Å². The molecule has 0 unspecified atom stereocenters. The van der Waals surface area contributed by atoms with Crippen LogP contribution in [0.15, 0.2) is 30.9 Å². The Labute approximate surface area is 69.3 Å². The molecule has 0 amide bonds. The van der Waals surface area contributed by atoms with Gasteiger partial charge in [0.2, 0.25) is 0 Å². The highest BCUT2D eigenvalue weighted by atomic mass is 15.1. The summed E-state index contributed by atoms with van der Waals surface area (Å²) in [6, 6.07) is 1.79. The fraction of sp³-hybridized carbons (Fsp3) is 0. The third kappa shape index (κ3) is 1.27. The van der Waals surface area contributed by atoms with E-state index >= 15 is 0 Å². The van der Waals surface area contributed by atoms with Gasteiger partial charge in [0.1, 0.15) is 6.20 Å². The Kier molecular flexibility index (Phi) is 1.74. The third-order valence-corrected chi connectivity index (χ3v) is 1.38. The zero-order chi connectivity index (χ0) is 8.23. The fourth-order valence-electron chi connectivity index (χ4n) is 0.842. The molecule has 0 aliphatic heterocycles. The van der Waals surface area contributed by atoms with Crippen LogP contribution >= 0.6 is 0 Å². The number of nitrogens with zero attached hydrogens (tertiary/aromatic N) is 4. The van der Waals surface area contributed by atoms with Crippen LogP contribution in [-0.2, 0) is 0 Å². The van der Waals surface area contributed by atoms with Crippen LogP contribution in [0.25, 0.3) is 11.3 Å². The van der Waals surface area contributed by atoms with Gasteiger partial charge < -0.3 is 0 Å². The highest BCUT2D eigenvalue weighted by molar-refractivity contribution is 5.54. The van der Waals surface area contributed by atoms with Crippen LogP contribution in [0, 0.1) is 6.20 Å². The molecule has 2 aromatic rings. The molecule has 0 saturated carbocycles. The van der Waals surface area contributed by atoms with E-state index in [1.807, 2.05) is 0 Å². The lowest BCUT2D eigenvalue weighted by Crippen LogP contribution is -1.86. The monoisotopic (exact) mass is 157 g/mol. The zero-order valence-corrected chi connectivity index (χ0v) is 6.18. The first-order valence-corrected chi connectivity index (χ1v) is 3.42. The van der Waals surface area contributed by atoms with E-state index in [0.29, 0.717) is 0 Å². The minimum Gasteiger partial charge on any atom is -0.261 e. The average molecular weight is 157 g/mol. The fourth-order valence-corrected chi connectivity index (χ4v) is 0.842. The van der Waals surface area contributed by atoms with Crippen LogP contribution in [0.3, 0.4) is 0 Å². The molecule has 0 aliphatic rings. The van der Waals surface area contributed by atoms with E-state index in [1.165, 1.54) is 0 Å². The Bertz CT molecular complexity index is 308. The smallest absolute Gasteiger partial charge is 0.123 e. The Hall–Kier alpha value is -1.84. The highest BCUT2D eigenvalue weighted by Crippen LogP contribution is 2.10. The maximum absolute atomic E-state index is 4.09. The molecule has 12 heavy (non-hydrogen) atoms. The van der Waals surface area contributed by atoms with Crippen molar-refractivity contribution in [2.75, 3.05) is 0 Å². The molecule has 0 aromatic carbocycles. The molecule has 0 N–H and O–H groups in total. The second-order valence-electron chi connectivity index (χ2n) is 2.15. The first-order chi connectivity index (χ1) is 5.97. The van der Waals surface area contributed by atoms with E-state index in [2.05, 4.69) is 26.4 Å². The summed E-state index contributed by atoms with van der Waals surface area (Å²) < 4.78 is 0. The number of aromatic nitrogens is 4. The van der Waals surface area contributed by atoms with Crippen LogP contribution in [-0.4, -0.2) is 20.2 Å². The lowest BCUT2D eigenvalue weighted by molar-refractivity contribution is 1.02.